The molecule has 1 aromatic carbocycles. The van der Waals surface area contributed by atoms with Crippen LogP contribution in [0, 0.1) is 0 Å². The molecule has 1 aliphatic heterocycles. The summed E-state index contributed by atoms with van der Waals surface area (Å²) in [5, 5.41) is 3.05. The highest BCUT2D eigenvalue weighted by Gasteiger charge is 2.31. The second kappa shape index (κ2) is 6.95. The molecule has 0 bridgehead atoms. The van der Waals surface area contributed by atoms with Gasteiger partial charge in [-0.05, 0) is 17.7 Å². The van der Waals surface area contributed by atoms with E-state index in [1.54, 1.807) is 23.3 Å². The molecule has 0 aromatic heterocycles. The van der Waals surface area contributed by atoms with Gasteiger partial charge in [0.25, 0.3) is 0 Å². The number of nitrogens with one attached hydrogen (secondary N) is 1. The average Bonchev–Trinajstić information content (AvgIpc) is 2.78. The van der Waals surface area contributed by atoms with E-state index in [0.29, 0.717) is 12.3 Å². The van der Waals surface area contributed by atoms with E-state index in [9.17, 15) is 17.8 Å². The first-order valence-electron chi connectivity index (χ1n) is 6.35. The molecule has 1 aromatic rings. The summed E-state index contributed by atoms with van der Waals surface area (Å²) in [4.78, 5) is 13.4. The summed E-state index contributed by atoms with van der Waals surface area (Å²) < 4.78 is 39.6. The summed E-state index contributed by atoms with van der Waals surface area (Å²) >= 11 is 0. The van der Waals surface area contributed by atoms with Crippen LogP contribution >= 0.6 is 0 Å². The third-order valence-corrected chi connectivity index (χ3v) is 3.88. The lowest BCUT2D eigenvalue weighted by Crippen LogP contribution is -2.33. The summed E-state index contributed by atoms with van der Waals surface area (Å²) in [6.45, 7) is -2.27. The van der Waals surface area contributed by atoms with Gasteiger partial charge in [-0.3, -0.25) is 14.3 Å². The monoisotopic (exact) mass is 318 g/mol. The van der Waals surface area contributed by atoms with E-state index in [1.807, 2.05) is 0 Å². The standard InChI is InChI=1S/C13H16F2N2O3S/c1-21(19)7-6-17-11(18)8-16-12(17)9-2-4-10(5-3-9)20-13(14)15/h2-5,12-13,16H,6-8H2,1H3. The van der Waals surface area contributed by atoms with Gasteiger partial charge in [0.2, 0.25) is 5.91 Å². The highest BCUT2D eigenvalue weighted by Crippen LogP contribution is 2.24. The Bertz CT molecular complexity index is 525. The maximum absolute atomic E-state index is 12.1. The SMILES string of the molecule is CS(=O)CCN1C(=O)CNC1c1ccc(OC(F)F)cc1. The fourth-order valence-electron chi connectivity index (χ4n) is 2.15. The van der Waals surface area contributed by atoms with E-state index in [2.05, 4.69) is 10.1 Å². The first kappa shape index (κ1) is 15.8. The molecule has 0 radical (unpaired) electrons. The highest BCUT2D eigenvalue weighted by atomic mass is 32.2. The van der Waals surface area contributed by atoms with Crippen LogP contribution in [0.25, 0.3) is 0 Å². The summed E-state index contributed by atoms with van der Waals surface area (Å²) in [5.74, 6) is 0.397. The van der Waals surface area contributed by atoms with Crippen LogP contribution in [-0.4, -0.2) is 46.7 Å². The van der Waals surface area contributed by atoms with Crippen LogP contribution in [0.3, 0.4) is 0 Å². The zero-order valence-electron chi connectivity index (χ0n) is 11.4. The Balaban J connectivity index is 2.08. The summed E-state index contributed by atoms with van der Waals surface area (Å²) in [6.07, 6.45) is 1.25. The molecule has 1 saturated heterocycles. The summed E-state index contributed by atoms with van der Waals surface area (Å²) in [7, 11) is -0.983. The maximum Gasteiger partial charge on any atom is 0.387 e. The van der Waals surface area contributed by atoms with E-state index >= 15 is 0 Å². The van der Waals surface area contributed by atoms with Gasteiger partial charge in [0.15, 0.2) is 0 Å². The van der Waals surface area contributed by atoms with Crippen LogP contribution in [0.1, 0.15) is 11.7 Å². The molecule has 1 N–H and O–H groups in total. The van der Waals surface area contributed by atoms with E-state index in [0.717, 1.165) is 5.56 Å². The number of hydrogen-bond acceptors (Lipinski definition) is 4. The fourth-order valence-corrected chi connectivity index (χ4v) is 2.60. The van der Waals surface area contributed by atoms with Crippen LogP contribution in [0.15, 0.2) is 24.3 Å². The van der Waals surface area contributed by atoms with Crippen LogP contribution in [0.5, 0.6) is 5.75 Å². The normalized spacial score (nSPS) is 20.1. The molecule has 2 unspecified atom stereocenters. The fraction of sp³-hybridized carbons (Fsp3) is 0.462. The molecule has 1 fully saturated rings. The first-order chi connectivity index (χ1) is 9.97. The molecule has 0 spiro atoms. The molecule has 8 heteroatoms. The minimum absolute atomic E-state index is 0.0688. The van der Waals surface area contributed by atoms with Gasteiger partial charge in [-0.15, -0.1) is 0 Å². The number of halogens is 2. The molecule has 1 heterocycles. The Morgan fingerprint density at radius 3 is 2.67 bits per heavy atom. The van der Waals surface area contributed by atoms with E-state index in [-0.39, 0.29) is 24.4 Å². The van der Waals surface area contributed by atoms with Crippen molar-refractivity contribution in [3.63, 3.8) is 0 Å². The van der Waals surface area contributed by atoms with Crippen LogP contribution in [0.2, 0.25) is 0 Å². The van der Waals surface area contributed by atoms with Gasteiger partial charge in [-0.2, -0.15) is 8.78 Å². The molecule has 2 rings (SSSR count). The molecule has 0 saturated carbocycles. The van der Waals surface area contributed by atoms with E-state index in [1.165, 1.54) is 12.1 Å². The number of carbonyl (C=O) groups excluding carboxylic acids is 1. The first-order valence-corrected chi connectivity index (χ1v) is 8.08. The van der Waals surface area contributed by atoms with E-state index in [4.69, 9.17) is 0 Å². The smallest absolute Gasteiger partial charge is 0.387 e. The molecule has 1 amide bonds. The minimum Gasteiger partial charge on any atom is -0.435 e. The van der Waals surface area contributed by atoms with Crippen molar-refractivity contribution in [2.75, 3.05) is 25.1 Å². The number of benzene rings is 1. The molecule has 5 nitrogen and oxygen atoms in total. The number of amides is 1. The Morgan fingerprint density at radius 2 is 2.10 bits per heavy atom. The largest absolute Gasteiger partial charge is 0.435 e. The molecular weight excluding hydrogens is 302 g/mol. The van der Waals surface area contributed by atoms with Gasteiger partial charge >= 0.3 is 6.61 Å². The zero-order valence-corrected chi connectivity index (χ0v) is 12.2. The molecular formula is C13H16F2N2O3S. The third kappa shape index (κ3) is 4.21. The van der Waals surface area contributed by atoms with Gasteiger partial charge in [-0.25, -0.2) is 0 Å². The Hall–Kier alpha value is -1.54. The number of hydrogen-bond donors (Lipinski definition) is 1. The Labute approximate surface area is 123 Å². The Kier molecular flexibility index (Phi) is 5.24. The molecule has 21 heavy (non-hydrogen) atoms. The third-order valence-electron chi connectivity index (χ3n) is 3.12. The van der Waals surface area contributed by atoms with Crippen molar-refractivity contribution in [3.05, 3.63) is 29.8 Å². The predicted molar refractivity (Wildman–Crippen MR) is 74.5 cm³/mol. The molecule has 0 aliphatic carbocycles. The highest BCUT2D eigenvalue weighted by molar-refractivity contribution is 7.84. The second-order valence-corrected chi connectivity index (χ2v) is 6.15. The number of alkyl halides is 2. The number of rotatable bonds is 6. The zero-order chi connectivity index (χ0) is 15.4. The van der Waals surface area contributed by atoms with Crippen molar-refractivity contribution in [2.45, 2.75) is 12.8 Å². The van der Waals surface area contributed by atoms with Crippen molar-refractivity contribution in [3.8, 4) is 5.75 Å². The minimum atomic E-state index is -2.86. The lowest BCUT2D eigenvalue weighted by molar-refractivity contribution is -0.127. The van der Waals surface area contributed by atoms with Crippen LogP contribution in [0.4, 0.5) is 8.78 Å². The van der Waals surface area contributed by atoms with Crippen LogP contribution < -0.4 is 10.1 Å². The molecule has 2 atom stereocenters. The number of ether oxygens (including phenoxy) is 1. The summed E-state index contributed by atoms with van der Waals surface area (Å²) in [5.41, 5.74) is 0.768. The lowest BCUT2D eigenvalue weighted by atomic mass is 10.1. The Morgan fingerprint density at radius 1 is 1.43 bits per heavy atom. The van der Waals surface area contributed by atoms with Crippen molar-refractivity contribution in [1.29, 1.82) is 0 Å². The lowest BCUT2D eigenvalue weighted by Gasteiger charge is -2.24. The van der Waals surface area contributed by atoms with Crippen molar-refractivity contribution < 1.29 is 22.5 Å². The van der Waals surface area contributed by atoms with Gasteiger partial charge in [0, 0.05) is 29.4 Å². The number of carbonyl (C=O) groups is 1. The second-order valence-electron chi connectivity index (χ2n) is 4.60. The maximum atomic E-state index is 12.1. The van der Waals surface area contributed by atoms with Gasteiger partial charge in [0.1, 0.15) is 11.9 Å². The van der Waals surface area contributed by atoms with Crippen molar-refractivity contribution in [2.24, 2.45) is 0 Å². The quantitative estimate of drug-likeness (QED) is 0.853. The predicted octanol–water partition coefficient (Wildman–Crippen LogP) is 1.10. The van der Waals surface area contributed by atoms with Crippen molar-refractivity contribution in [1.82, 2.24) is 10.2 Å². The van der Waals surface area contributed by atoms with Gasteiger partial charge in [-0.1, -0.05) is 12.1 Å². The van der Waals surface area contributed by atoms with Gasteiger partial charge < -0.3 is 9.64 Å². The summed E-state index contributed by atoms with van der Waals surface area (Å²) in [6, 6.07) is 6.12. The van der Waals surface area contributed by atoms with Crippen molar-refractivity contribution >= 4 is 16.7 Å². The average molecular weight is 318 g/mol. The topological polar surface area (TPSA) is 58.6 Å². The molecule has 116 valence electrons. The number of nitrogens with zero attached hydrogens (tertiary/aromatic N) is 1. The molecule has 1 aliphatic rings. The van der Waals surface area contributed by atoms with Gasteiger partial charge in [0.05, 0.1) is 6.54 Å². The van der Waals surface area contributed by atoms with E-state index < -0.39 is 17.4 Å². The van der Waals surface area contributed by atoms with Crippen LogP contribution in [-0.2, 0) is 15.6 Å².